The van der Waals surface area contributed by atoms with Crippen molar-refractivity contribution in [3.05, 3.63) is 65.4 Å². The summed E-state index contributed by atoms with van der Waals surface area (Å²) in [7, 11) is 1.68. The van der Waals surface area contributed by atoms with Gasteiger partial charge in [0.25, 0.3) is 0 Å². The summed E-state index contributed by atoms with van der Waals surface area (Å²) >= 11 is 0. The van der Waals surface area contributed by atoms with Gasteiger partial charge in [-0.3, -0.25) is 14.6 Å². The molecule has 2 N–H and O–H groups in total. The van der Waals surface area contributed by atoms with Crippen LogP contribution in [0, 0.1) is 0 Å². The summed E-state index contributed by atoms with van der Waals surface area (Å²) in [6, 6.07) is 16.4. The minimum Gasteiger partial charge on any atom is -0.497 e. The minimum absolute atomic E-state index is 0.0823. The Morgan fingerprint density at radius 1 is 1.08 bits per heavy atom. The minimum atomic E-state index is -0.384. The van der Waals surface area contributed by atoms with Gasteiger partial charge in [0.15, 0.2) is 0 Å². The number of hydrogen-bond donors (Lipinski definition) is 2. The van der Waals surface area contributed by atoms with Gasteiger partial charge in [-0.25, -0.2) is 0 Å². The molecule has 1 aromatic heterocycles. The molecule has 1 spiro atoms. The molecule has 202 valence electrons. The number of carbonyl (C=O) groups excluding carboxylic acids is 1. The van der Waals surface area contributed by atoms with Gasteiger partial charge in [0.1, 0.15) is 5.75 Å². The van der Waals surface area contributed by atoms with Gasteiger partial charge >= 0.3 is 0 Å². The maximum Gasteiger partial charge on any atom is 0.237 e. The zero-order valence-corrected chi connectivity index (χ0v) is 22.2. The van der Waals surface area contributed by atoms with Crippen LogP contribution in [0.3, 0.4) is 0 Å². The van der Waals surface area contributed by atoms with Crippen LogP contribution in [0.25, 0.3) is 10.9 Å². The summed E-state index contributed by atoms with van der Waals surface area (Å²) in [5, 5.41) is 11.8. The Hall–Kier alpha value is -2.91. The molecular formula is C30H38N4O4. The van der Waals surface area contributed by atoms with Gasteiger partial charge in [-0.1, -0.05) is 30.3 Å². The molecule has 3 aromatic rings. The van der Waals surface area contributed by atoms with Crippen LogP contribution in [0.2, 0.25) is 0 Å². The molecule has 2 aromatic carbocycles. The molecule has 0 radical (unpaired) electrons. The van der Waals surface area contributed by atoms with Gasteiger partial charge in [0.05, 0.1) is 39.5 Å². The molecule has 1 atom stereocenters. The number of likely N-dealkylation sites (tertiary alicyclic amines) is 1. The molecule has 38 heavy (non-hydrogen) atoms. The topological polar surface area (TPSA) is 81.3 Å². The van der Waals surface area contributed by atoms with Gasteiger partial charge < -0.3 is 24.5 Å². The van der Waals surface area contributed by atoms with Crippen LogP contribution < -0.4 is 4.74 Å². The fraction of sp³-hybridized carbons (Fsp3) is 0.500. The Bertz CT molecular complexity index is 1260. The molecule has 6 rings (SSSR count). The van der Waals surface area contributed by atoms with Crippen molar-refractivity contribution in [2.24, 2.45) is 0 Å². The van der Waals surface area contributed by atoms with Crippen LogP contribution in [0.1, 0.15) is 35.7 Å². The van der Waals surface area contributed by atoms with Gasteiger partial charge in [-0.2, -0.15) is 0 Å². The van der Waals surface area contributed by atoms with Gasteiger partial charge in [-0.15, -0.1) is 0 Å². The van der Waals surface area contributed by atoms with Crippen LogP contribution in [0.5, 0.6) is 5.75 Å². The van der Waals surface area contributed by atoms with E-state index in [0.717, 1.165) is 62.5 Å². The van der Waals surface area contributed by atoms with Crippen molar-refractivity contribution < 1.29 is 19.4 Å². The van der Waals surface area contributed by atoms with E-state index >= 15 is 0 Å². The summed E-state index contributed by atoms with van der Waals surface area (Å²) in [5.74, 6) is 0.877. The smallest absolute Gasteiger partial charge is 0.237 e. The lowest BCUT2D eigenvalue weighted by Crippen LogP contribution is -2.57. The van der Waals surface area contributed by atoms with Gasteiger partial charge in [0.2, 0.25) is 5.91 Å². The van der Waals surface area contributed by atoms with Crippen molar-refractivity contribution >= 4 is 16.8 Å². The number of methoxy groups -OCH3 is 1. The number of piperidine rings is 1. The third-order valence-electron chi connectivity index (χ3n) is 8.77. The van der Waals surface area contributed by atoms with Crippen molar-refractivity contribution in [3.63, 3.8) is 0 Å². The number of carbonyl (C=O) groups is 1. The number of aliphatic hydroxyl groups is 1. The highest BCUT2D eigenvalue weighted by molar-refractivity contribution is 5.89. The first-order valence-corrected chi connectivity index (χ1v) is 13.8. The number of rotatable bonds is 6. The highest BCUT2D eigenvalue weighted by Crippen LogP contribution is 2.49. The summed E-state index contributed by atoms with van der Waals surface area (Å²) in [4.78, 5) is 24.0. The monoisotopic (exact) mass is 518 g/mol. The number of H-pyrrole nitrogens is 1. The second-order valence-corrected chi connectivity index (χ2v) is 11.0. The first-order valence-electron chi connectivity index (χ1n) is 13.8. The normalized spacial score (nSPS) is 22.1. The quantitative estimate of drug-likeness (QED) is 0.522. The standard InChI is InChI=1S/C30H38N4O4/c1-37-23-7-8-24-25(17-23)31-29-26(20-35)34(27(36)19-33-13-15-38-16-14-33)21-30(28(24)29)9-11-32(12-10-30)18-22-5-3-2-4-6-22/h2-8,17,26,31,35H,9-16,18-21H2,1H3/t26-/m0/s1. The summed E-state index contributed by atoms with van der Waals surface area (Å²) in [6.45, 7) is 6.60. The third-order valence-corrected chi connectivity index (χ3v) is 8.77. The maximum absolute atomic E-state index is 13.8. The molecule has 2 fully saturated rings. The predicted octanol–water partition coefficient (Wildman–Crippen LogP) is 2.92. The van der Waals surface area contributed by atoms with E-state index in [0.29, 0.717) is 26.3 Å². The van der Waals surface area contributed by atoms with E-state index in [1.807, 2.05) is 17.0 Å². The molecule has 3 aliphatic heterocycles. The highest BCUT2D eigenvalue weighted by Gasteiger charge is 2.48. The van der Waals surface area contributed by atoms with Crippen molar-refractivity contribution in [3.8, 4) is 5.75 Å². The predicted molar refractivity (Wildman–Crippen MR) is 146 cm³/mol. The van der Waals surface area contributed by atoms with E-state index in [2.05, 4.69) is 51.2 Å². The number of aromatic nitrogens is 1. The lowest BCUT2D eigenvalue weighted by Gasteiger charge is -2.50. The Morgan fingerprint density at radius 2 is 1.84 bits per heavy atom. The lowest BCUT2D eigenvalue weighted by atomic mass is 9.68. The van der Waals surface area contributed by atoms with Gasteiger partial charge in [-0.05, 0) is 49.2 Å². The average molecular weight is 519 g/mol. The Labute approximate surface area is 224 Å². The molecule has 8 nitrogen and oxygen atoms in total. The van der Waals surface area contributed by atoms with Crippen molar-refractivity contribution in [2.75, 3.05) is 66.2 Å². The Morgan fingerprint density at radius 3 is 2.55 bits per heavy atom. The zero-order valence-electron chi connectivity index (χ0n) is 22.2. The maximum atomic E-state index is 13.8. The Balaban J connectivity index is 1.34. The second kappa shape index (κ2) is 10.7. The van der Waals surface area contributed by atoms with E-state index in [-0.39, 0.29) is 24.0 Å². The highest BCUT2D eigenvalue weighted by atomic mass is 16.5. The largest absolute Gasteiger partial charge is 0.497 e. The SMILES string of the molecule is COc1ccc2c3c([nH]c2c1)[C@H](CO)N(C(=O)CN1CCOCC1)CC31CCN(Cc2ccccc2)CC1. The number of aromatic amines is 1. The number of nitrogens with zero attached hydrogens (tertiary/aromatic N) is 3. The third kappa shape index (κ3) is 4.71. The van der Waals surface area contributed by atoms with Crippen LogP contribution >= 0.6 is 0 Å². The number of ether oxygens (including phenoxy) is 2. The van der Waals surface area contributed by atoms with E-state index in [1.165, 1.54) is 16.5 Å². The molecular weight excluding hydrogens is 480 g/mol. The summed E-state index contributed by atoms with van der Waals surface area (Å²) in [6.07, 6.45) is 1.93. The number of morpholine rings is 1. The van der Waals surface area contributed by atoms with Crippen LogP contribution in [-0.2, 0) is 21.5 Å². The summed E-state index contributed by atoms with van der Waals surface area (Å²) < 4.78 is 11.0. The molecule has 0 saturated carbocycles. The van der Waals surface area contributed by atoms with E-state index in [4.69, 9.17) is 9.47 Å². The molecule has 1 amide bonds. The number of hydrogen-bond acceptors (Lipinski definition) is 6. The van der Waals surface area contributed by atoms with Crippen LogP contribution in [0.4, 0.5) is 0 Å². The lowest BCUT2D eigenvalue weighted by molar-refractivity contribution is -0.139. The van der Waals surface area contributed by atoms with E-state index in [1.54, 1.807) is 7.11 Å². The van der Waals surface area contributed by atoms with Crippen LogP contribution in [-0.4, -0.2) is 96.9 Å². The fourth-order valence-electron chi connectivity index (χ4n) is 6.70. The first kappa shape index (κ1) is 25.4. The van der Waals surface area contributed by atoms with Gasteiger partial charge in [0, 0.05) is 54.3 Å². The summed E-state index contributed by atoms with van der Waals surface area (Å²) in [5.41, 5.74) is 4.43. The molecule has 2 saturated heterocycles. The zero-order chi connectivity index (χ0) is 26.1. The van der Waals surface area contributed by atoms with Crippen LogP contribution in [0.15, 0.2) is 48.5 Å². The second-order valence-electron chi connectivity index (χ2n) is 11.0. The molecule has 3 aliphatic rings. The van der Waals surface area contributed by atoms with Crippen molar-refractivity contribution in [2.45, 2.75) is 30.8 Å². The number of nitrogens with one attached hydrogen (secondary N) is 1. The van der Waals surface area contributed by atoms with Crippen molar-refractivity contribution in [1.29, 1.82) is 0 Å². The Kier molecular flexibility index (Phi) is 7.14. The molecule has 4 heterocycles. The first-order chi connectivity index (χ1) is 18.6. The fourth-order valence-corrected chi connectivity index (χ4v) is 6.70. The number of fused-ring (bicyclic) bond motifs is 4. The molecule has 8 heteroatoms. The van der Waals surface area contributed by atoms with Crippen molar-refractivity contribution in [1.82, 2.24) is 19.7 Å². The van der Waals surface area contributed by atoms with E-state index in [9.17, 15) is 9.90 Å². The number of aliphatic hydroxyl groups excluding tert-OH is 1. The molecule has 0 unspecified atom stereocenters. The molecule has 0 bridgehead atoms. The number of benzene rings is 2. The number of amides is 1. The molecule has 0 aliphatic carbocycles. The average Bonchev–Trinajstić information content (AvgIpc) is 3.35. The van der Waals surface area contributed by atoms with E-state index < -0.39 is 0 Å².